The van der Waals surface area contributed by atoms with E-state index in [1.165, 1.54) is 7.11 Å². The van der Waals surface area contributed by atoms with Crippen LogP contribution in [0.2, 0.25) is 5.02 Å². The lowest BCUT2D eigenvalue weighted by atomic mass is 10.0. The third-order valence-corrected chi connectivity index (χ3v) is 3.27. The Hall–Kier alpha value is -2.00. The van der Waals surface area contributed by atoms with Gasteiger partial charge >= 0.3 is 5.97 Å². The van der Waals surface area contributed by atoms with Crippen LogP contribution in [0, 0.1) is 0 Å². The fraction of sp³-hybridized carbons (Fsp3) is 0.188. The zero-order valence-electron chi connectivity index (χ0n) is 11.4. The molecule has 0 saturated heterocycles. The molecule has 0 atom stereocenters. The van der Waals surface area contributed by atoms with Gasteiger partial charge in [-0.05, 0) is 35.4 Å². The first kappa shape index (κ1) is 14.4. The van der Waals surface area contributed by atoms with Crippen molar-refractivity contribution in [1.82, 2.24) is 0 Å². The second-order valence-corrected chi connectivity index (χ2v) is 4.72. The molecule has 0 saturated carbocycles. The second-order valence-electron chi connectivity index (χ2n) is 4.29. The Morgan fingerprint density at radius 2 is 1.70 bits per heavy atom. The number of carbonyl (C=O) groups excluding carboxylic acids is 1. The average Bonchev–Trinajstić information content (AvgIpc) is 2.48. The molecule has 4 heteroatoms. The molecule has 0 fully saturated rings. The quantitative estimate of drug-likeness (QED) is 0.805. The largest absolute Gasteiger partial charge is 0.496 e. The monoisotopic (exact) mass is 290 g/mol. The summed E-state index contributed by atoms with van der Waals surface area (Å²) in [5.74, 6) is 0.379. The van der Waals surface area contributed by atoms with Crippen LogP contribution in [0.25, 0.3) is 11.1 Å². The molecule has 0 radical (unpaired) electrons. The molecule has 2 aromatic carbocycles. The minimum atomic E-state index is -0.295. The summed E-state index contributed by atoms with van der Waals surface area (Å²) in [5, 5.41) is 0.692. The van der Waals surface area contributed by atoms with Crippen LogP contribution in [0.15, 0.2) is 42.5 Å². The summed E-state index contributed by atoms with van der Waals surface area (Å²) in [7, 11) is 2.95. The van der Waals surface area contributed by atoms with E-state index in [1.54, 1.807) is 7.11 Å². The smallest absolute Gasteiger partial charge is 0.310 e. The summed E-state index contributed by atoms with van der Waals surface area (Å²) in [6.07, 6.45) is 0.182. The predicted molar refractivity (Wildman–Crippen MR) is 79.2 cm³/mol. The van der Waals surface area contributed by atoms with Crippen molar-refractivity contribution in [2.45, 2.75) is 6.42 Å². The first-order chi connectivity index (χ1) is 9.63. The van der Waals surface area contributed by atoms with Gasteiger partial charge in [-0.3, -0.25) is 4.79 Å². The van der Waals surface area contributed by atoms with Crippen molar-refractivity contribution in [3.63, 3.8) is 0 Å². The van der Waals surface area contributed by atoms with Gasteiger partial charge in [-0.15, -0.1) is 0 Å². The van der Waals surface area contributed by atoms with Gasteiger partial charge in [-0.25, -0.2) is 0 Å². The molecule has 0 aromatic heterocycles. The fourth-order valence-corrected chi connectivity index (χ4v) is 2.09. The molecular weight excluding hydrogens is 276 g/mol. The molecule has 2 rings (SSSR count). The molecule has 2 aromatic rings. The molecule has 0 unspecified atom stereocenters. The minimum Gasteiger partial charge on any atom is -0.496 e. The van der Waals surface area contributed by atoms with Gasteiger partial charge in [0, 0.05) is 10.6 Å². The van der Waals surface area contributed by atoms with E-state index in [9.17, 15) is 4.79 Å². The van der Waals surface area contributed by atoms with E-state index in [2.05, 4.69) is 0 Å². The normalized spacial score (nSPS) is 10.2. The highest BCUT2D eigenvalue weighted by molar-refractivity contribution is 6.30. The summed E-state index contributed by atoms with van der Waals surface area (Å²) >= 11 is 5.88. The molecule has 3 nitrogen and oxygen atoms in total. The Labute approximate surface area is 123 Å². The first-order valence-corrected chi connectivity index (χ1v) is 6.51. The van der Waals surface area contributed by atoms with E-state index < -0.39 is 0 Å². The molecule has 20 heavy (non-hydrogen) atoms. The average molecular weight is 291 g/mol. The Balaban J connectivity index is 2.38. The Bertz CT molecular complexity index is 606. The number of hydrogen-bond donors (Lipinski definition) is 0. The molecule has 0 amide bonds. The van der Waals surface area contributed by atoms with Gasteiger partial charge in [0.25, 0.3) is 0 Å². The van der Waals surface area contributed by atoms with Gasteiger partial charge in [0.1, 0.15) is 5.75 Å². The maximum absolute atomic E-state index is 11.4. The van der Waals surface area contributed by atoms with Gasteiger partial charge in [-0.2, -0.15) is 0 Å². The number of carbonyl (C=O) groups is 1. The Kier molecular flexibility index (Phi) is 4.64. The second kappa shape index (κ2) is 6.44. The van der Waals surface area contributed by atoms with Crippen LogP contribution in [-0.2, 0) is 16.0 Å². The molecule has 0 spiro atoms. The Morgan fingerprint density at radius 1 is 1.05 bits per heavy atom. The lowest BCUT2D eigenvalue weighted by molar-refractivity contribution is -0.139. The summed E-state index contributed by atoms with van der Waals surface area (Å²) in [5.41, 5.74) is 2.83. The molecule has 0 aliphatic heterocycles. The molecular formula is C16H15ClO3. The number of methoxy groups -OCH3 is 2. The number of hydrogen-bond acceptors (Lipinski definition) is 3. The maximum atomic E-state index is 11.4. The van der Waals surface area contributed by atoms with E-state index in [-0.39, 0.29) is 12.4 Å². The van der Waals surface area contributed by atoms with Gasteiger partial charge in [-0.1, -0.05) is 29.8 Å². The molecule has 0 heterocycles. The van der Waals surface area contributed by atoms with Crippen molar-refractivity contribution in [2.24, 2.45) is 0 Å². The van der Waals surface area contributed by atoms with Crippen LogP contribution in [0.4, 0.5) is 0 Å². The highest BCUT2D eigenvalue weighted by Gasteiger charge is 2.10. The summed E-state index contributed by atoms with van der Waals surface area (Å²) in [6.45, 7) is 0. The predicted octanol–water partition coefficient (Wildman–Crippen LogP) is 3.73. The number of ether oxygens (including phenoxy) is 2. The van der Waals surface area contributed by atoms with E-state index in [0.717, 1.165) is 16.7 Å². The van der Waals surface area contributed by atoms with Crippen LogP contribution in [0.5, 0.6) is 5.75 Å². The Morgan fingerprint density at radius 3 is 2.30 bits per heavy atom. The lowest BCUT2D eigenvalue weighted by Gasteiger charge is -2.10. The van der Waals surface area contributed by atoms with Crippen molar-refractivity contribution >= 4 is 17.6 Å². The lowest BCUT2D eigenvalue weighted by Crippen LogP contribution is -2.06. The zero-order valence-corrected chi connectivity index (χ0v) is 12.1. The third-order valence-electron chi connectivity index (χ3n) is 3.02. The van der Waals surface area contributed by atoms with Gasteiger partial charge in [0.05, 0.1) is 20.6 Å². The zero-order chi connectivity index (χ0) is 14.5. The van der Waals surface area contributed by atoms with E-state index in [1.807, 2.05) is 42.5 Å². The van der Waals surface area contributed by atoms with Crippen molar-refractivity contribution < 1.29 is 14.3 Å². The van der Waals surface area contributed by atoms with Crippen LogP contribution in [0.3, 0.4) is 0 Å². The third kappa shape index (κ3) is 3.31. The van der Waals surface area contributed by atoms with Crippen LogP contribution in [0.1, 0.15) is 5.56 Å². The van der Waals surface area contributed by atoms with Crippen LogP contribution >= 0.6 is 11.6 Å². The van der Waals surface area contributed by atoms with Crippen LogP contribution in [-0.4, -0.2) is 20.2 Å². The summed E-state index contributed by atoms with van der Waals surface area (Å²) in [4.78, 5) is 11.4. The molecule has 104 valence electrons. The standard InChI is InChI=1S/C16H15ClO3/c1-19-15-8-5-12(9-13(15)10-16(18)20-2)11-3-6-14(17)7-4-11/h3-9H,10H2,1-2H3. The molecule has 0 aliphatic rings. The molecule has 0 bridgehead atoms. The summed E-state index contributed by atoms with van der Waals surface area (Å²) < 4.78 is 9.97. The van der Waals surface area contributed by atoms with Gasteiger partial charge in [0.15, 0.2) is 0 Å². The van der Waals surface area contributed by atoms with Gasteiger partial charge in [0.2, 0.25) is 0 Å². The minimum absolute atomic E-state index is 0.182. The van der Waals surface area contributed by atoms with Gasteiger partial charge < -0.3 is 9.47 Å². The van der Waals surface area contributed by atoms with Crippen molar-refractivity contribution in [2.75, 3.05) is 14.2 Å². The fourth-order valence-electron chi connectivity index (χ4n) is 1.97. The topological polar surface area (TPSA) is 35.5 Å². The highest BCUT2D eigenvalue weighted by Crippen LogP contribution is 2.28. The van der Waals surface area contributed by atoms with Crippen molar-refractivity contribution in [3.8, 4) is 16.9 Å². The SMILES string of the molecule is COC(=O)Cc1cc(-c2ccc(Cl)cc2)ccc1OC. The highest BCUT2D eigenvalue weighted by atomic mass is 35.5. The number of halogens is 1. The van der Waals surface area contributed by atoms with E-state index >= 15 is 0 Å². The number of esters is 1. The van der Waals surface area contributed by atoms with E-state index in [4.69, 9.17) is 21.1 Å². The number of benzene rings is 2. The molecule has 0 N–H and O–H groups in total. The van der Waals surface area contributed by atoms with Crippen molar-refractivity contribution in [3.05, 3.63) is 53.1 Å². The maximum Gasteiger partial charge on any atom is 0.310 e. The first-order valence-electron chi connectivity index (χ1n) is 6.13. The van der Waals surface area contributed by atoms with Crippen molar-refractivity contribution in [1.29, 1.82) is 0 Å². The van der Waals surface area contributed by atoms with Crippen LogP contribution < -0.4 is 4.74 Å². The summed E-state index contributed by atoms with van der Waals surface area (Å²) in [6, 6.07) is 13.3. The van der Waals surface area contributed by atoms with E-state index in [0.29, 0.717) is 10.8 Å². The molecule has 0 aliphatic carbocycles. The number of rotatable bonds is 4.